The molecule has 2 unspecified atom stereocenters. The van der Waals surface area contributed by atoms with Crippen LogP contribution in [0.25, 0.3) is 16.7 Å². The van der Waals surface area contributed by atoms with Crippen LogP contribution >= 0.6 is 0 Å². The van der Waals surface area contributed by atoms with E-state index in [9.17, 15) is 19.2 Å². The molecule has 0 heterocycles. The van der Waals surface area contributed by atoms with E-state index in [0.717, 1.165) is 28.5 Å². The number of ketones is 1. The largest absolute Gasteiger partial charge is 0.461 e. The fourth-order valence-corrected chi connectivity index (χ4v) is 4.74. The molecular formula is C30H36N4O6. The number of rotatable bonds is 13. The third kappa shape index (κ3) is 8.10. The molecule has 0 bridgehead atoms. The number of hydrogen-bond donors (Lipinski definition) is 2. The Morgan fingerprint density at radius 1 is 0.925 bits per heavy atom. The first-order valence-corrected chi connectivity index (χ1v) is 13.4. The van der Waals surface area contributed by atoms with E-state index < -0.39 is 41.9 Å². The van der Waals surface area contributed by atoms with Gasteiger partial charge >= 0.3 is 18.3 Å². The fourth-order valence-electron chi connectivity index (χ4n) is 4.74. The molecule has 10 nitrogen and oxygen atoms in total. The maximum Gasteiger partial charge on any atom is 0.407 e. The summed E-state index contributed by atoms with van der Waals surface area (Å²) < 4.78 is 10.8. The molecule has 212 valence electrons. The van der Waals surface area contributed by atoms with Crippen LogP contribution in [-0.2, 0) is 23.9 Å². The molecule has 2 N–H and O–H groups in total. The average Bonchev–Trinajstić information content (AvgIpc) is 3.22. The standard InChI is InChI=1S/C30H36N4O6/c1-18(2)15-27(28(36)33-26(29(37)40-19(3)4)14-13-20(35)16-32-31)34-30(38)39-17-25-23-11-7-5-9-21(23)22-10-6-8-12-24(22)25/h5-12,16,18-19,25-27H,13-15,17H2,1-4H3,(H,33,36)(H,34,38). The molecule has 2 amide bonds. The monoisotopic (exact) mass is 548 g/mol. The van der Waals surface area contributed by atoms with Gasteiger partial charge in [-0.2, -0.15) is 4.79 Å². The van der Waals surface area contributed by atoms with Crippen molar-refractivity contribution in [3.05, 3.63) is 65.2 Å². The number of ether oxygens (including phenoxy) is 2. The van der Waals surface area contributed by atoms with Gasteiger partial charge in [-0.25, -0.2) is 9.59 Å². The average molecular weight is 549 g/mol. The Morgan fingerprint density at radius 3 is 2.08 bits per heavy atom. The van der Waals surface area contributed by atoms with E-state index in [1.807, 2.05) is 62.4 Å². The Morgan fingerprint density at radius 2 is 1.52 bits per heavy atom. The van der Waals surface area contributed by atoms with E-state index >= 15 is 0 Å². The van der Waals surface area contributed by atoms with E-state index in [1.54, 1.807) is 13.8 Å². The van der Waals surface area contributed by atoms with Crippen molar-refractivity contribution in [2.45, 2.75) is 71.1 Å². The van der Waals surface area contributed by atoms with Gasteiger partial charge in [0.25, 0.3) is 0 Å². The molecule has 1 aliphatic rings. The van der Waals surface area contributed by atoms with Crippen LogP contribution < -0.4 is 10.6 Å². The summed E-state index contributed by atoms with van der Waals surface area (Å²) in [6.45, 7) is 7.23. The molecule has 0 radical (unpaired) electrons. The Bertz CT molecular complexity index is 1240. The minimum atomic E-state index is -1.13. The fraction of sp³-hybridized carbons (Fsp3) is 0.433. The highest BCUT2D eigenvalue weighted by Crippen LogP contribution is 2.44. The van der Waals surface area contributed by atoms with Gasteiger partial charge < -0.3 is 25.6 Å². The second-order valence-corrected chi connectivity index (χ2v) is 10.4. The number of benzene rings is 2. The van der Waals surface area contributed by atoms with Crippen molar-refractivity contribution in [1.82, 2.24) is 10.6 Å². The van der Waals surface area contributed by atoms with Crippen LogP contribution in [0.5, 0.6) is 0 Å². The molecule has 0 spiro atoms. The summed E-state index contributed by atoms with van der Waals surface area (Å²) in [5.41, 5.74) is 12.9. The first-order chi connectivity index (χ1) is 19.1. The molecular weight excluding hydrogens is 512 g/mol. The summed E-state index contributed by atoms with van der Waals surface area (Å²) >= 11 is 0. The normalized spacial score (nSPS) is 13.4. The zero-order valence-electron chi connectivity index (χ0n) is 23.3. The van der Waals surface area contributed by atoms with Crippen LogP contribution in [0.3, 0.4) is 0 Å². The molecule has 40 heavy (non-hydrogen) atoms. The maximum absolute atomic E-state index is 13.2. The van der Waals surface area contributed by atoms with Gasteiger partial charge in [-0.15, -0.1) is 0 Å². The van der Waals surface area contributed by atoms with Crippen molar-refractivity contribution in [2.75, 3.05) is 6.61 Å². The molecule has 2 aromatic rings. The molecule has 0 fully saturated rings. The lowest BCUT2D eigenvalue weighted by Gasteiger charge is -2.24. The lowest BCUT2D eigenvalue weighted by atomic mass is 9.98. The first-order valence-electron chi connectivity index (χ1n) is 13.4. The third-order valence-electron chi connectivity index (χ3n) is 6.49. The van der Waals surface area contributed by atoms with E-state index in [4.69, 9.17) is 15.0 Å². The lowest BCUT2D eigenvalue weighted by molar-refractivity contribution is -0.152. The topological polar surface area (TPSA) is 147 Å². The SMILES string of the molecule is CC(C)CC(NC(=O)OCC1c2ccccc2-c2ccccc21)C(=O)NC(CCC(=O)C=[N+]=[N-])C(=O)OC(C)C. The number of hydrogen-bond acceptors (Lipinski definition) is 6. The zero-order valence-corrected chi connectivity index (χ0v) is 23.3. The van der Waals surface area contributed by atoms with Crippen molar-refractivity contribution in [3.8, 4) is 11.1 Å². The Hall–Kier alpha value is -4.30. The van der Waals surface area contributed by atoms with E-state index in [2.05, 4.69) is 15.4 Å². The smallest absolute Gasteiger partial charge is 0.407 e. The van der Waals surface area contributed by atoms with Crippen molar-refractivity contribution < 1.29 is 33.4 Å². The number of esters is 1. The van der Waals surface area contributed by atoms with Crippen LogP contribution in [0.4, 0.5) is 4.79 Å². The van der Waals surface area contributed by atoms with Gasteiger partial charge in [-0.1, -0.05) is 62.4 Å². The summed E-state index contributed by atoms with van der Waals surface area (Å²) in [6.07, 6.45) is -0.395. The zero-order chi connectivity index (χ0) is 29.2. The van der Waals surface area contributed by atoms with E-state index in [1.165, 1.54) is 0 Å². The molecule has 0 aromatic heterocycles. The number of alkyl carbamates (subject to hydrolysis) is 1. The Labute approximate surface area is 234 Å². The van der Waals surface area contributed by atoms with Crippen LogP contribution in [-0.4, -0.2) is 59.6 Å². The highest BCUT2D eigenvalue weighted by atomic mass is 16.6. The van der Waals surface area contributed by atoms with Crippen LogP contribution in [0.1, 0.15) is 64.0 Å². The van der Waals surface area contributed by atoms with Crippen LogP contribution in [0.15, 0.2) is 48.5 Å². The van der Waals surface area contributed by atoms with Crippen molar-refractivity contribution in [3.63, 3.8) is 0 Å². The van der Waals surface area contributed by atoms with Gasteiger partial charge in [-0.3, -0.25) is 9.59 Å². The van der Waals surface area contributed by atoms with Gasteiger partial charge in [0.2, 0.25) is 11.7 Å². The molecule has 2 aromatic carbocycles. The quantitative estimate of drug-likeness (QED) is 0.167. The van der Waals surface area contributed by atoms with Crippen LogP contribution in [0.2, 0.25) is 0 Å². The van der Waals surface area contributed by atoms with Gasteiger partial charge in [0.1, 0.15) is 18.7 Å². The number of fused-ring (bicyclic) bond motifs is 3. The molecule has 0 saturated carbocycles. The van der Waals surface area contributed by atoms with Crippen molar-refractivity contribution in [2.24, 2.45) is 5.92 Å². The summed E-state index contributed by atoms with van der Waals surface area (Å²) in [7, 11) is 0. The molecule has 10 heteroatoms. The van der Waals surface area contributed by atoms with Crippen molar-refractivity contribution >= 4 is 30.0 Å². The molecule has 2 atom stereocenters. The molecule has 0 aliphatic heterocycles. The third-order valence-corrected chi connectivity index (χ3v) is 6.49. The molecule has 1 aliphatic carbocycles. The summed E-state index contributed by atoms with van der Waals surface area (Å²) in [5, 5.41) is 5.25. The second-order valence-electron chi connectivity index (χ2n) is 10.4. The Kier molecular flexibility index (Phi) is 10.7. The number of nitrogens with one attached hydrogen (secondary N) is 2. The van der Waals surface area contributed by atoms with E-state index in [0.29, 0.717) is 0 Å². The summed E-state index contributed by atoms with van der Waals surface area (Å²) in [4.78, 5) is 53.2. The minimum absolute atomic E-state index is 0.0352. The summed E-state index contributed by atoms with van der Waals surface area (Å²) in [5.74, 6) is -1.92. The minimum Gasteiger partial charge on any atom is -0.461 e. The number of nitrogens with zero attached hydrogens (tertiary/aromatic N) is 2. The Balaban J connectivity index is 1.68. The summed E-state index contributed by atoms with van der Waals surface area (Å²) in [6, 6.07) is 13.8. The predicted molar refractivity (Wildman–Crippen MR) is 149 cm³/mol. The lowest BCUT2D eigenvalue weighted by Crippen LogP contribution is -2.52. The van der Waals surface area contributed by atoms with Gasteiger partial charge in [0, 0.05) is 12.3 Å². The van der Waals surface area contributed by atoms with E-state index in [-0.39, 0.29) is 37.7 Å². The number of carbonyl (C=O) groups excluding carboxylic acids is 4. The molecule has 0 saturated heterocycles. The predicted octanol–water partition coefficient (Wildman–Crippen LogP) is 4.03. The van der Waals surface area contributed by atoms with Gasteiger partial charge in [-0.05, 0) is 54.9 Å². The van der Waals surface area contributed by atoms with Crippen LogP contribution in [0, 0.1) is 5.92 Å². The maximum atomic E-state index is 13.2. The second kappa shape index (κ2) is 14.2. The first kappa shape index (κ1) is 30.2. The highest BCUT2D eigenvalue weighted by molar-refractivity contribution is 6.25. The van der Waals surface area contributed by atoms with Gasteiger partial charge in [0.05, 0.1) is 6.10 Å². The number of carbonyl (C=O) groups is 4. The van der Waals surface area contributed by atoms with Gasteiger partial charge in [0.15, 0.2) is 0 Å². The number of amides is 2. The number of Topliss-reactive ketones (excluding diaryl/α,β-unsaturated/α-hetero) is 1. The highest BCUT2D eigenvalue weighted by Gasteiger charge is 2.32. The molecule has 3 rings (SSSR count). The van der Waals surface area contributed by atoms with Crippen molar-refractivity contribution in [1.29, 1.82) is 0 Å².